The fraction of sp³-hybridized carbons (Fsp3) is 0.455. The first-order chi connectivity index (χ1) is 10.1. The summed E-state index contributed by atoms with van der Waals surface area (Å²) in [6.45, 7) is 0.638. The number of carbonyl (C=O) groups is 1. The topological polar surface area (TPSA) is 89.4 Å². The monoisotopic (exact) mass is 313 g/mol. The SMILES string of the molecule is CON(C)C(=O)N(C)c1nnc(OCC2=NC=CCO2)s1. The second-order valence-corrected chi connectivity index (χ2v) is 4.80. The third-order valence-electron chi connectivity index (χ3n) is 2.50. The first kappa shape index (κ1) is 15.2. The average Bonchev–Trinajstić information content (AvgIpc) is 3.00. The van der Waals surface area contributed by atoms with Crippen LogP contribution < -0.4 is 9.64 Å². The van der Waals surface area contributed by atoms with Crippen molar-refractivity contribution in [1.29, 1.82) is 0 Å². The van der Waals surface area contributed by atoms with Crippen molar-refractivity contribution in [3.63, 3.8) is 0 Å². The van der Waals surface area contributed by atoms with Crippen molar-refractivity contribution in [2.24, 2.45) is 4.99 Å². The number of ether oxygens (including phenoxy) is 2. The van der Waals surface area contributed by atoms with Gasteiger partial charge in [-0.25, -0.2) is 14.9 Å². The first-order valence-corrected chi connectivity index (χ1v) is 6.79. The Morgan fingerprint density at radius 1 is 1.48 bits per heavy atom. The second kappa shape index (κ2) is 6.99. The molecule has 0 unspecified atom stereocenters. The molecule has 2 heterocycles. The van der Waals surface area contributed by atoms with Gasteiger partial charge in [0.1, 0.15) is 6.61 Å². The van der Waals surface area contributed by atoms with Gasteiger partial charge in [-0.05, 0) is 17.4 Å². The van der Waals surface area contributed by atoms with Crippen LogP contribution in [0.3, 0.4) is 0 Å². The number of urea groups is 1. The number of amides is 2. The highest BCUT2D eigenvalue weighted by Gasteiger charge is 2.20. The molecule has 0 atom stereocenters. The zero-order valence-corrected chi connectivity index (χ0v) is 12.7. The van der Waals surface area contributed by atoms with Gasteiger partial charge in [0, 0.05) is 20.3 Å². The number of anilines is 1. The predicted octanol–water partition coefficient (Wildman–Crippen LogP) is 0.909. The Labute approximate surface area is 125 Å². The summed E-state index contributed by atoms with van der Waals surface area (Å²) in [6, 6.07) is -0.370. The number of carbonyl (C=O) groups excluding carboxylic acids is 1. The highest BCUT2D eigenvalue weighted by molar-refractivity contribution is 7.17. The lowest BCUT2D eigenvalue weighted by molar-refractivity contribution is -0.0619. The molecule has 10 heteroatoms. The lowest BCUT2D eigenvalue weighted by atomic mass is 10.5. The van der Waals surface area contributed by atoms with Crippen molar-refractivity contribution in [1.82, 2.24) is 15.3 Å². The molecule has 0 aliphatic carbocycles. The van der Waals surface area contributed by atoms with Crippen LogP contribution in [0, 0.1) is 0 Å². The highest BCUT2D eigenvalue weighted by atomic mass is 32.1. The Balaban J connectivity index is 1.93. The smallest absolute Gasteiger partial charge is 0.349 e. The number of aromatic nitrogens is 2. The van der Waals surface area contributed by atoms with Crippen LogP contribution >= 0.6 is 11.3 Å². The van der Waals surface area contributed by atoms with Crippen molar-refractivity contribution in [2.45, 2.75) is 0 Å². The van der Waals surface area contributed by atoms with Gasteiger partial charge >= 0.3 is 6.03 Å². The number of rotatable bonds is 5. The van der Waals surface area contributed by atoms with Gasteiger partial charge in [0.05, 0.1) is 7.11 Å². The molecule has 0 aromatic carbocycles. The normalized spacial score (nSPS) is 13.4. The lowest BCUT2D eigenvalue weighted by Gasteiger charge is -2.19. The van der Waals surface area contributed by atoms with Crippen LogP contribution in [-0.2, 0) is 9.57 Å². The van der Waals surface area contributed by atoms with E-state index in [9.17, 15) is 4.79 Å². The number of hydrogen-bond acceptors (Lipinski definition) is 8. The molecule has 0 fully saturated rings. The van der Waals surface area contributed by atoms with Gasteiger partial charge < -0.3 is 9.47 Å². The maximum absolute atomic E-state index is 11.9. The fourth-order valence-electron chi connectivity index (χ4n) is 1.33. The van der Waals surface area contributed by atoms with Crippen LogP contribution in [0.15, 0.2) is 17.3 Å². The summed E-state index contributed by atoms with van der Waals surface area (Å²) in [7, 11) is 4.48. The molecule has 1 aliphatic heterocycles. The number of hydrogen-bond donors (Lipinski definition) is 0. The minimum Gasteiger partial charge on any atom is -0.474 e. The van der Waals surface area contributed by atoms with E-state index >= 15 is 0 Å². The van der Waals surface area contributed by atoms with Crippen molar-refractivity contribution in [3.05, 3.63) is 12.3 Å². The van der Waals surface area contributed by atoms with E-state index in [2.05, 4.69) is 15.2 Å². The van der Waals surface area contributed by atoms with Crippen LogP contribution in [0.25, 0.3) is 0 Å². The van der Waals surface area contributed by atoms with Gasteiger partial charge in [-0.3, -0.25) is 9.74 Å². The molecule has 1 aromatic heterocycles. The van der Waals surface area contributed by atoms with E-state index in [0.717, 1.165) is 16.4 Å². The zero-order valence-electron chi connectivity index (χ0n) is 11.8. The Kier molecular flexibility index (Phi) is 5.06. The van der Waals surface area contributed by atoms with E-state index in [1.165, 1.54) is 19.1 Å². The van der Waals surface area contributed by atoms with Crippen LogP contribution in [-0.4, -0.2) is 61.6 Å². The molecule has 0 saturated carbocycles. The first-order valence-electron chi connectivity index (χ1n) is 5.98. The molecule has 1 aromatic rings. The Morgan fingerprint density at radius 2 is 2.29 bits per heavy atom. The molecule has 1 aliphatic rings. The lowest BCUT2D eigenvalue weighted by Crippen LogP contribution is -2.38. The van der Waals surface area contributed by atoms with E-state index in [1.807, 2.05) is 0 Å². The Morgan fingerprint density at radius 3 is 2.95 bits per heavy atom. The molecular weight excluding hydrogens is 298 g/mol. The summed E-state index contributed by atoms with van der Waals surface area (Å²) in [4.78, 5) is 22.0. The van der Waals surface area contributed by atoms with Crippen molar-refractivity contribution in [2.75, 3.05) is 39.3 Å². The molecule has 9 nitrogen and oxygen atoms in total. The molecular formula is C11H15N5O4S. The molecule has 21 heavy (non-hydrogen) atoms. The number of nitrogens with zero attached hydrogens (tertiary/aromatic N) is 5. The van der Waals surface area contributed by atoms with Crippen molar-refractivity contribution in [3.8, 4) is 5.19 Å². The van der Waals surface area contributed by atoms with E-state index in [4.69, 9.17) is 14.3 Å². The predicted molar refractivity (Wildman–Crippen MR) is 76.5 cm³/mol. The quantitative estimate of drug-likeness (QED) is 0.751. The maximum Gasteiger partial charge on any atom is 0.349 e. The second-order valence-electron chi connectivity index (χ2n) is 3.88. The maximum atomic E-state index is 11.9. The molecule has 0 N–H and O–H groups in total. The molecule has 0 saturated heterocycles. The van der Waals surface area contributed by atoms with E-state index in [0.29, 0.717) is 22.8 Å². The van der Waals surface area contributed by atoms with Gasteiger partial charge in [-0.1, -0.05) is 5.10 Å². The summed E-state index contributed by atoms with van der Waals surface area (Å²) < 4.78 is 10.7. The third kappa shape index (κ3) is 3.89. The van der Waals surface area contributed by atoms with E-state index < -0.39 is 0 Å². The third-order valence-corrected chi connectivity index (χ3v) is 3.41. The van der Waals surface area contributed by atoms with Gasteiger partial charge in [0.2, 0.25) is 11.0 Å². The Bertz CT molecular complexity index is 559. The minimum absolute atomic E-state index is 0.161. The van der Waals surface area contributed by atoms with Crippen molar-refractivity contribution >= 4 is 28.4 Å². The minimum atomic E-state index is -0.370. The summed E-state index contributed by atoms with van der Waals surface area (Å²) in [5.74, 6) is 0.470. The standard InChI is InChI=1S/C11H15N5O4S/c1-15(11(17)16(2)18-3)9-13-14-10(21-9)20-7-8-12-5-4-6-19-8/h4-5H,6-7H2,1-3H3. The van der Waals surface area contributed by atoms with Gasteiger partial charge in [0.15, 0.2) is 6.61 Å². The van der Waals surface area contributed by atoms with Crippen LogP contribution in [0.1, 0.15) is 0 Å². The molecule has 2 amide bonds. The largest absolute Gasteiger partial charge is 0.474 e. The van der Waals surface area contributed by atoms with Crippen LogP contribution in [0.2, 0.25) is 0 Å². The summed E-state index contributed by atoms with van der Waals surface area (Å²) in [5.41, 5.74) is 0. The van der Waals surface area contributed by atoms with Crippen LogP contribution in [0.5, 0.6) is 5.19 Å². The van der Waals surface area contributed by atoms with Crippen molar-refractivity contribution < 1.29 is 19.1 Å². The van der Waals surface area contributed by atoms with E-state index in [1.54, 1.807) is 19.3 Å². The highest BCUT2D eigenvalue weighted by Crippen LogP contribution is 2.25. The summed E-state index contributed by atoms with van der Waals surface area (Å²) in [5, 5.41) is 9.54. The van der Waals surface area contributed by atoms with Gasteiger partial charge in [-0.15, -0.1) is 5.10 Å². The summed E-state index contributed by atoms with van der Waals surface area (Å²) >= 11 is 1.14. The van der Waals surface area contributed by atoms with Gasteiger partial charge in [0.25, 0.3) is 5.19 Å². The molecule has 0 spiro atoms. The molecule has 2 rings (SSSR count). The van der Waals surface area contributed by atoms with E-state index in [-0.39, 0.29) is 12.6 Å². The molecule has 0 bridgehead atoms. The number of hydroxylamine groups is 2. The summed E-state index contributed by atoms with van der Waals surface area (Å²) in [6.07, 6.45) is 3.44. The Hall–Kier alpha value is -2.20. The molecule has 114 valence electrons. The average molecular weight is 313 g/mol. The zero-order chi connectivity index (χ0) is 15.2. The van der Waals surface area contributed by atoms with Gasteiger partial charge in [-0.2, -0.15) is 0 Å². The van der Waals surface area contributed by atoms with Crippen LogP contribution in [0.4, 0.5) is 9.93 Å². The molecule has 0 radical (unpaired) electrons. The fourth-order valence-corrected chi connectivity index (χ4v) is 1.98. The number of aliphatic imine (C=N–C) groups is 1.